The highest BCUT2D eigenvalue weighted by molar-refractivity contribution is 5.81. The van der Waals surface area contributed by atoms with Crippen LogP contribution in [-0.2, 0) is 14.3 Å². The van der Waals surface area contributed by atoms with Crippen molar-refractivity contribution in [2.24, 2.45) is 5.92 Å². The number of carbonyl (C=O) groups excluding carboxylic acids is 2. The van der Waals surface area contributed by atoms with Gasteiger partial charge in [0.15, 0.2) is 0 Å². The highest BCUT2D eigenvalue weighted by Gasteiger charge is 2.29. The van der Waals surface area contributed by atoms with Crippen LogP contribution >= 0.6 is 0 Å². The van der Waals surface area contributed by atoms with E-state index in [0.29, 0.717) is 6.42 Å². The van der Waals surface area contributed by atoms with Crippen LogP contribution in [0.1, 0.15) is 50.2 Å². The molecular formula is C27H32N2O5. The van der Waals surface area contributed by atoms with Crippen LogP contribution < -0.4 is 10.6 Å². The molecule has 7 nitrogen and oxygen atoms in total. The van der Waals surface area contributed by atoms with Gasteiger partial charge in [0.2, 0.25) is 5.91 Å². The zero-order valence-corrected chi connectivity index (χ0v) is 19.6. The number of aliphatic carboxylic acids is 1. The normalized spacial score (nSPS) is 14.2. The highest BCUT2D eigenvalue weighted by Crippen LogP contribution is 2.44. The Morgan fingerprint density at radius 2 is 1.62 bits per heavy atom. The first-order valence-electron chi connectivity index (χ1n) is 11.7. The van der Waals surface area contributed by atoms with Crippen molar-refractivity contribution in [2.45, 2.75) is 45.1 Å². The van der Waals surface area contributed by atoms with Crippen LogP contribution in [0.25, 0.3) is 11.1 Å². The maximum absolute atomic E-state index is 12.4. The molecule has 7 heteroatoms. The number of carboxylic acids is 1. The van der Waals surface area contributed by atoms with Crippen molar-refractivity contribution in [3.05, 3.63) is 71.8 Å². The Hall–Kier alpha value is -3.61. The number of nitrogens with one attached hydrogen (secondary N) is 2. The number of rotatable bonds is 11. The molecule has 0 saturated heterocycles. The molecule has 0 heterocycles. The van der Waals surface area contributed by atoms with E-state index in [2.05, 4.69) is 34.9 Å². The van der Waals surface area contributed by atoms with Crippen LogP contribution in [0.5, 0.6) is 0 Å². The van der Waals surface area contributed by atoms with Crippen molar-refractivity contribution in [1.29, 1.82) is 0 Å². The van der Waals surface area contributed by atoms with Gasteiger partial charge in [-0.1, -0.05) is 68.0 Å². The van der Waals surface area contributed by atoms with E-state index < -0.39 is 12.1 Å². The molecule has 3 rings (SSSR count). The minimum Gasteiger partial charge on any atom is -0.478 e. The lowest BCUT2D eigenvalue weighted by Crippen LogP contribution is -2.34. The third kappa shape index (κ3) is 6.70. The smallest absolute Gasteiger partial charge is 0.407 e. The molecule has 2 unspecified atom stereocenters. The molecule has 0 aromatic heterocycles. The SMILES string of the molecule is CC(CCCC(C)C(=O)NC/C=C/C(=O)O)NC(=O)OCC1c2ccccc2-c2ccccc21. The highest BCUT2D eigenvalue weighted by atomic mass is 16.5. The van der Waals surface area contributed by atoms with Gasteiger partial charge in [-0.2, -0.15) is 0 Å². The van der Waals surface area contributed by atoms with Crippen LogP contribution in [0.2, 0.25) is 0 Å². The second-order valence-electron chi connectivity index (χ2n) is 8.69. The van der Waals surface area contributed by atoms with Crippen LogP contribution in [0.4, 0.5) is 4.79 Å². The summed E-state index contributed by atoms with van der Waals surface area (Å²) >= 11 is 0. The summed E-state index contributed by atoms with van der Waals surface area (Å²) in [5, 5.41) is 14.1. The summed E-state index contributed by atoms with van der Waals surface area (Å²) in [6.45, 7) is 4.22. The number of hydrogen-bond donors (Lipinski definition) is 3. The molecule has 2 aromatic carbocycles. The van der Waals surface area contributed by atoms with Gasteiger partial charge in [-0.3, -0.25) is 4.79 Å². The molecule has 2 atom stereocenters. The average molecular weight is 465 g/mol. The largest absolute Gasteiger partial charge is 0.478 e. The van der Waals surface area contributed by atoms with E-state index >= 15 is 0 Å². The van der Waals surface area contributed by atoms with E-state index in [1.807, 2.05) is 38.1 Å². The predicted octanol–water partition coefficient (Wildman–Crippen LogP) is 4.48. The van der Waals surface area contributed by atoms with Gasteiger partial charge >= 0.3 is 12.1 Å². The molecule has 2 aromatic rings. The van der Waals surface area contributed by atoms with Gasteiger partial charge in [0.1, 0.15) is 6.61 Å². The summed E-state index contributed by atoms with van der Waals surface area (Å²) in [5.41, 5.74) is 4.73. The van der Waals surface area contributed by atoms with E-state index in [1.165, 1.54) is 28.3 Å². The lowest BCUT2D eigenvalue weighted by molar-refractivity contribution is -0.131. The van der Waals surface area contributed by atoms with Crippen LogP contribution in [0.15, 0.2) is 60.7 Å². The molecule has 0 bridgehead atoms. The minimum atomic E-state index is -1.04. The summed E-state index contributed by atoms with van der Waals surface area (Å²) < 4.78 is 5.59. The van der Waals surface area contributed by atoms with Crippen LogP contribution in [0, 0.1) is 5.92 Å². The quantitative estimate of drug-likeness (QED) is 0.426. The summed E-state index contributed by atoms with van der Waals surface area (Å²) in [6.07, 6.45) is 4.12. The summed E-state index contributed by atoms with van der Waals surface area (Å²) in [7, 11) is 0. The fourth-order valence-corrected chi connectivity index (χ4v) is 4.27. The monoisotopic (exact) mass is 464 g/mol. The zero-order valence-electron chi connectivity index (χ0n) is 19.6. The molecule has 3 N–H and O–H groups in total. The van der Waals surface area contributed by atoms with Crippen molar-refractivity contribution >= 4 is 18.0 Å². The van der Waals surface area contributed by atoms with Crippen LogP contribution in [-0.4, -0.2) is 42.3 Å². The van der Waals surface area contributed by atoms with Gasteiger partial charge in [-0.25, -0.2) is 9.59 Å². The summed E-state index contributed by atoms with van der Waals surface area (Å²) in [4.78, 5) is 34.9. The molecule has 0 spiro atoms. The van der Waals surface area contributed by atoms with Crippen molar-refractivity contribution < 1.29 is 24.2 Å². The Kier molecular flexibility index (Phi) is 8.85. The van der Waals surface area contributed by atoms with Crippen molar-refractivity contribution in [3.63, 3.8) is 0 Å². The number of carbonyl (C=O) groups is 3. The Bertz CT molecular complexity index is 1000. The number of amides is 2. The fraction of sp³-hybridized carbons (Fsp3) is 0.370. The molecule has 2 amide bonds. The zero-order chi connectivity index (χ0) is 24.5. The number of benzene rings is 2. The first kappa shape index (κ1) is 25.0. The number of hydrogen-bond acceptors (Lipinski definition) is 4. The lowest BCUT2D eigenvalue weighted by atomic mass is 9.98. The van der Waals surface area contributed by atoms with E-state index in [1.54, 1.807) is 0 Å². The first-order valence-corrected chi connectivity index (χ1v) is 11.7. The third-order valence-corrected chi connectivity index (χ3v) is 6.08. The Balaban J connectivity index is 1.39. The van der Waals surface area contributed by atoms with Crippen molar-refractivity contribution in [2.75, 3.05) is 13.2 Å². The Morgan fingerprint density at radius 1 is 1.00 bits per heavy atom. The molecule has 0 radical (unpaired) electrons. The third-order valence-electron chi connectivity index (χ3n) is 6.08. The van der Waals surface area contributed by atoms with Gasteiger partial charge in [-0.15, -0.1) is 0 Å². The average Bonchev–Trinajstić information content (AvgIpc) is 3.14. The van der Waals surface area contributed by atoms with E-state index in [0.717, 1.165) is 18.9 Å². The molecule has 0 aliphatic heterocycles. The van der Waals surface area contributed by atoms with Crippen molar-refractivity contribution in [3.8, 4) is 11.1 Å². The molecule has 1 aliphatic carbocycles. The second kappa shape index (κ2) is 12.0. The van der Waals surface area contributed by atoms with E-state index in [9.17, 15) is 14.4 Å². The van der Waals surface area contributed by atoms with Gasteiger partial charge in [-0.05, 0) is 42.0 Å². The lowest BCUT2D eigenvalue weighted by Gasteiger charge is -2.18. The summed E-state index contributed by atoms with van der Waals surface area (Å²) in [5.74, 6) is -1.33. The van der Waals surface area contributed by atoms with Crippen molar-refractivity contribution in [1.82, 2.24) is 10.6 Å². The fourth-order valence-electron chi connectivity index (χ4n) is 4.27. The van der Waals surface area contributed by atoms with E-state index in [-0.39, 0.29) is 36.9 Å². The standard InChI is InChI=1S/C27H32N2O5/c1-18(26(32)28-16-8-15-25(30)31)9-7-10-19(2)29-27(33)34-17-24-22-13-5-3-11-20(22)21-12-4-6-14-23(21)24/h3-6,8,11-15,18-19,24H,7,9-10,16-17H2,1-2H3,(H,28,32)(H,29,33)(H,30,31)/b15-8+. The number of ether oxygens (including phenoxy) is 1. The van der Waals surface area contributed by atoms with Gasteiger partial charge in [0, 0.05) is 30.5 Å². The van der Waals surface area contributed by atoms with E-state index in [4.69, 9.17) is 9.84 Å². The van der Waals surface area contributed by atoms with Crippen LogP contribution in [0.3, 0.4) is 0 Å². The Morgan fingerprint density at radius 3 is 2.24 bits per heavy atom. The molecule has 0 saturated carbocycles. The molecule has 0 fully saturated rings. The predicted molar refractivity (Wildman–Crippen MR) is 130 cm³/mol. The Labute approximate surface area is 200 Å². The molecule has 34 heavy (non-hydrogen) atoms. The molecule has 180 valence electrons. The number of alkyl carbamates (subject to hydrolysis) is 1. The van der Waals surface area contributed by atoms with Gasteiger partial charge in [0.25, 0.3) is 0 Å². The summed E-state index contributed by atoms with van der Waals surface area (Å²) in [6, 6.07) is 16.4. The van der Waals surface area contributed by atoms with Gasteiger partial charge < -0.3 is 20.5 Å². The minimum absolute atomic E-state index is 0.0261. The van der Waals surface area contributed by atoms with Gasteiger partial charge in [0.05, 0.1) is 0 Å². The molecular weight excluding hydrogens is 432 g/mol. The topological polar surface area (TPSA) is 105 Å². The second-order valence-corrected chi connectivity index (χ2v) is 8.69. The number of fused-ring (bicyclic) bond motifs is 3. The maximum atomic E-state index is 12.4. The first-order chi connectivity index (χ1) is 16.4. The maximum Gasteiger partial charge on any atom is 0.407 e. The number of carboxylic acid groups (broad SMARTS) is 1. The molecule has 1 aliphatic rings.